The zero-order valence-corrected chi connectivity index (χ0v) is 16.1. The van der Waals surface area contributed by atoms with Crippen LogP contribution in [0.2, 0.25) is 0 Å². The van der Waals surface area contributed by atoms with Gasteiger partial charge >= 0.3 is 0 Å². The molecule has 1 aliphatic carbocycles. The van der Waals surface area contributed by atoms with E-state index in [0.717, 1.165) is 66.5 Å². The molecular formula is C21H27N3O3. The second-order valence-electron chi connectivity index (χ2n) is 7.22. The van der Waals surface area contributed by atoms with Crippen LogP contribution in [0, 0.1) is 0 Å². The Labute approximate surface area is 159 Å². The number of nitrogens with one attached hydrogen (secondary N) is 1. The minimum atomic E-state index is 0.0508. The Bertz CT molecular complexity index is 873. The van der Waals surface area contributed by atoms with Crippen molar-refractivity contribution in [3.63, 3.8) is 0 Å². The molecule has 0 atom stereocenters. The highest BCUT2D eigenvalue weighted by Gasteiger charge is 2.29. The van der Waals surface area contributed by atoms with Crippen LogP contribution in [0.15, 0.2) is 23.0 Å². The highest BCUT2D eigenvalue weighted by Crippen LogP contribution is 2.38. The van der Waals surface area contributed by atoms with Crippen LogP contribution in [0.5, 0.6) is 11.5 Å². The summed E-state index contributed by atoms with van der Waals surface area (Å²) in [5.74, 6) is 2.93. The van der Waals surface area contributed by atoms with Gasteiger partial charge in [-0.25, -0.2) is 4.98 Å². The normalized spacial score (nSPS) is 16.8. The van der Waals surface area contributed by atoms with Gasteiger partial charge in [0.15, 0.2) is 11.5 Å². The average molecular weight is 369 g/mol. The van der Waals surface area contributed by atoms with E-state index in [9.17, 15) is 4.79 Å². The number of fused-ring (bicyclic) bond motifs is 1. The highest BCUT2D eigenvalue weighted by atomic mass is 16.5. The Kier molecular flexibility index (Phi) is 5.16. The number of benzene rings is 1. The van der Waals surface area contributed by atoms with Crippen molar-refractivity contribution in [1.82, 2.24) is 14.9 Å². The summed E-state index contributed by atoms with van der Waals surface area (Å²) in [5.41, 5.74) is 2.95. The van der Waals surface area contributed by atoms with E-state index >= 15 is 0 Å². The molecule has 6 heteroatoms. The molecule has 27 heavy (non-hydrogen) atoms. The van der Waals surface area contributed by atoms with E-state index in [4.69, 9.17) is 14.5 Å². The molecule has 2 aliphatic rings. The van der Waals surface area contributed by atoms with Gasteiger partial charge < -0.3 is 14.5 Å². The summed E-state index contributed by atoms with van der Waals surface area (Å²) in [5, 5.41) is 0. The van der Waals surface area contributed by atoms with Gasteiger partial charge in [-0.3, -0.25) is 9.69 Å². The number of para-hydroxylation sites is 1. The molecule has 1 saturated carbocycles. The predicted octanol–water partition coefficient (Wildman–Crippen LogP) is 3.00. The lowest BCUT2D eigenvalue weighted by Gasteiger charge is -2.28. The molecule has 2 aromatic rings. The first-order chi connectivity index (χ1) is 13.2. The van der Waals surface area contributed by atoms with Crippen molar-refractivity contribution in [2.45, 2.75) is 52.1 Å². The topological polar surface area (TPSA) is 67.5 Å². The smallest absolute Gasteiger partial charge is 0.254 e. The third kappa shape index (κ3) is 3.86. The Balaban J connectivity index is 1.56. The Hall–Kier alpha value is -2.34. The molecule has 0 bridgehead atoms. The van der Waals surface area contributed by atoms with Crippen molar-refractivity contribution in [2.24, 2.45) is 0 Å². The Morgan fingerprint density at radius 2 is 2.04 bits per heavy atom. The zero-order valence-electron chi connectivity index (χ0n) is 16.1. The van der Waals surface area contributed by atoms with Crippen LogP contribution in [-0.4, -0.2) is 34.6 Å². The number of aromatic nitrogens is 2. The van der Waals surface area contributed by atoms with E-state index in [1.807, 2.05) is 26.0 Å². The molecule has 1 fully saturated rings. The van der Waals surface area contributed by atoms with Crippen LogP contribution in [-0.2, 0) is 19.5 Å². The van der Waals surface area contributed by atoms with Gasteiger partial charge in [-0.05, 0) is 39.2 Å². The van der Waals surface area contributed by atoms with E-state index in [2.05, 4.69) is 16.0 Å². The van der Waals surface area contributed by atoms with Gasteiger partial charge in [-0.2, -0.15) is 0 Å². The molecular weight excluding hydrogens is 342 g/mol. The maximum atomic E-state index is 12.4. The lowest BCUT2D eigenvalue weighted by molar-refractivity contribution is 0.230. The summed E-state index contributed by atoms with van der Waals surface area (Å²) in [6, 6.07) is 6.05. The SMILES string of the molecule is CCOc1cccc(CN2CCc3c(nc(C4CC4)[nH]c3=O)C2)c1OCC. The minimum Gasteiger partial charge on any atom is -0.490 e. The number of ether oxygens (including phenoxy) is 2. The molecule has 144 valence electrons. The second-order valence-corrected chi connectivity index (χ2v) is 7.22. The van der Waals surface area contributed by atoms with Gasteiger partial charge in [0.1, 0.15) is 5.82 Å². The number of nitrogens with zero attached hydrogens (tertiary/aromatic N) is 2. The van der Waals surface area contributed by atoms with E-state index in [1.165, 1.54) is 0 Å². The third-order valence-electron chi connectivity index (χ3n) is 5.18. The molecule has 0 saturated heterocycles. The average Bonchev–Trinajstić information content (AvgIpc) is 3.49. The van der Waals surface area contributed by atoms with Gasteiger partial charge in [-0.15, -0.1) is 0 Å². The first-order valence-corrected chi connectivity index (χ1v) is 9.91. The quantitative estimate of drug-likeness (QED) is 0.813. The molecule has 1 aliphatic heterocycles. The van der Waals surface area contributed by atoms with E-state index in [-0.39, 0.29) is 5.56 Å². The molecule has 0 amide bonds. The van der Waals surface area contributed by atoms with E-state index in [1.54, 1.807) is 0 Å². The van der Waals surface area contributed by atoms with E-state index in [0.29, 0.717) is 25.7 Å². The molecule has 0 spiro atoms. The van der Waals surface area contributed by atoms with E-state index < -0.39 is 0 Å². The molecule has 1 aromatic carbocycles. The van der Waals surface area contributed by atoms with Gasteiger partial charge in [0.2, 0.25) is 0 Å². The van der Waals surface area contributed by atoms with Gasteiger partial charge in [0, 0.05) is 36.7 Å². The standard InChI is InChI=1S/C21H27N3O3/c1-3-26-18-7-5-6-15(19(18)27-4-2)12-24-11-10-16-17(13-24)22-20(14-8-9-14)23-21(16)25/h5-7,14H,3-4,8-13H2,1-2H3,(H,22,23,25). The molecule has 4 rings (SSSR count). The van der Waals surface area contributed by atoms with Crippen molar-refractivity contribution in [1.29, 1.82) is 0 Å². The summed E-state index contributed by atoms with van der Waals surface area (Å²) in [6.07, 6.45) is 3.00. The van der Waals surface area contributed by atoms with Crippen LogP contribution >= 0.6 is 0 Å². The summed E-state index contributed by atoms with van der Waals surface area (Å²) in [6.45, 7) is 7.46. The molecule has 0 unspecified atom stereocenters. The first-order valence-electron chi connectivity index (χ1n) is 9.91. The van der Waals surface area contributed by atoms with Crippen LogP contribution in [0.25, 0.3) is 0 Å². The van der Waals surface area contributed by atoms with Crippen molar-refractivity contribution < 1.29 is 9.47 Å². The third-order valence-corrected chi connectivity index (χ3v) is 5.18. The van der Waals surface area contributed by atoms with Crippen LogP contribution < -0.4 is 15.0 Å². The van der Waals surface area contributed by atoms with Crippen LogP contribution in [0.4, 0.5) is 0 Å². The lowest BCUT2D eigenvalue weighted by Crippen LogP contribution is -2.35. The summed E-state index contributed by atoms with van der Waals surface area (Å²) < 4.78 is 11.6. The Morgan fingerprint density at radius 3 is 2.78 bits per heavy atom. The van der Waals surface area contributed by atoms with Gasteiger partial charge in [0.05, 0.1) is 18.9 Å². The van der Waals surface area contributed by atoms with Crippen molar-refractivity contribution in [2.75, 3.05) is 19.8 Å². The molecule has 6 nitrogen and oxygen atoms in total. The largest absolute Gasteiger partial charge is 0.490 e. The monoisotopic (exact) mass is 369 g/mol. The molecule has 1 aromatic heterocycles. The fraction of sp³-hybridized carbons (Fsp3) is 0.524. The number of H-pyrrole nitrogens is 1. The number of hydrogen-bond acceptors (Lipinski definition) is 5. The molecule has 1 N–H and O–H groups in total. The zero-order chi connectivity index (χ0) is 18.8. The maximum Gasteiger partial charge on any atom is 0.254 e. The fourth-order valence-corrected chi connectivity index (χ4v) is 3.70. The number of hydrogen-bond donors (Lipinski definition) is 1. The number of aromatic amines is 1. The second kappa shape index (κ2) is 7.72. The summed E-state index contributed by atoms with van der Waals surface area (Å²) in [7, 11) is 0. The molecule has 2 heterocycles. The van der Waals surface area contributed by atoms with Gasteiger partial charge in [-0.1, -0.05) is 12.1 Å². The van der Waals surface area contributed by atoms with Crippen molar-refractivity contribution in [3.05, 3.63) is 51.2 Å². The fourth-order valence-electron chi connectivity index (χ4n) is 3.70. The lowest BCUT2D eigenvalue weighted by atomic mass is 10.0. The van der Waals surface area contributed by atoms with Crippen molar-refractivity contribution >= 4 is 0 Å². The highest BCUT2D eigenvalue weighted by molar-refractivity contribution is 5.46. The summed E-state index contributed by atoms with van der Waals surface area (Å²) >= 11 is 0. The predicted molar refractivity (Wildman–Crippen MR) is 103 cm³/mol. The van der Waals surface area contributed by atoms with Crippen molar-refractivity contribution in [3.8, 4) is 11.5 Å². The van der Waals surface area contributed by atoms with Gasteiger partial charge in [0.25, 0.3) is 5.56 Å². The molecule has 0 radical (unpaired) electrons. The van der Waals surface area contributed by atoms with Crippen LogP contribution in [0.3, 0.4) is 0 Å². The summed E-state index contributed by atoms with van der Waals surface area (Å²) in [4.78, 5) is 22.5. The first kappa shape index (κ1) is 18.0. The Morgan fingerprint density at radius 1 is 1.22 bits per heavy atom. The number of rotatable bonds is 7. The van der Waals surface area contributed by atoms with Crippen LogP contribution in [0.1, 0.15) is 55.3 Å². The minimum absolute atomic E-state index is 0.0508. The maximum absolute atomic E-state index is 12.4.